The molecule has 2 heterocycles. The Morgan fingerprint density at radius 2 is 1.38 bits per heavy atom. The third-order valence-electron chi connectivity index (χ3n) is 6.52. The van der Waals surface area contributed by atoms with Crippen LogP contribution in [0.3, 0.4) is 0 Å². The predicted molar refractivity (Wildman–Crippen MR) is 115 cm³/mol. The molecule has 0 unspecified atom stereocenters. The fourth-order valence-electron chi connectivity index (χ4n) is 4.98. The van der Waals surface area contributed by atoms with Crippen molar-refractivity contribution in [2.24, 2.45) is 22.7 Å². The Morgan fingerprint density at radius 3 is 1.96 bits per heavy atom. The molecule has 0 spiro atoms. The summed E-state index contributed by atoms with van der Waals surface area (Å²) in [5.74, 6) is 1.74. The lowest BCUT2D eigenvalue weighted by atomic mass is 9.73. The highest BCUT2D eigenvalue weighted by Crippen LogP contribution is 2.37. The van der Waals surface area contributed by atoms with Gasteiger partial charge in [-0.05, 0) is 67.9 Å². The van der Waals surface area contributed by atoms with E-state index in [0.717, 1.165) is 11.8 Å². The highest BCUT2D eigenvalue weighted by molar-refractivity contribution is 4.83. The number of hydrogen-bond donors (Lipinski definition) is 1. The molecule has 0 aromatic rings. The maximum Gasteiger partial charge on any atom is 0.0110 e. The van der Waals surface area contributed by atoms with Crippen LogP contribution in [0.1, 0.15) is 73.6 Å². The summed E-state index contributed by atoms with van der Waals surface area (Å²) >= 11 is 0. The lowest BCUT2D eigenvalue weighted by Gasteiger charge is -2.41. The van der Waals surface area contributed by atoms with Gasteiger partial charge in [-0.15, -0.1) is 0 Å². The van der Waals surface area contributed by atoms with Gasteiger partial charge in [0.15, 0.2) is 0 Å². The second-order valence-electron chi connectivity index (χ2n) is 11.2. The minimum absolute atomic E-state index is 0.436. The van der Waals surface area contributed by atoms with E-state index in [1.807, 2.05) is 0 Å². The molecule has 0 radical (unpaired) electrons. The smallest absolute Gasteiger partial charge is 0.0110 e. The number of rotatable bonds is 9. The second-order valence-corrected chi connectivity index (χ2v) is 11.2. The normalized spacial score (nSPS) is 22.3. The van der Waals surface area contributed by atoms with Gasteiger partial charge in [-0.2, -0.15) is 0 Å². The minimum Gasteiger partial charge on any atom is -0.317 e. The second kappa shape index (κ2) is 9.89. The number of nitrogens with one attached hydrogen (secondary N) is 1. The molecule has 2 aliphatic heterocycles. The van der Waals surface area contributed by atoms with Crippen molar-refractivity contribution < 1.29 is 0 Å². The average Bonchev–Trinajstić information content (AvgIpc) is 2.55. The SMILES string of the molecule is CC(C)CN1CCN(CC(C)(C)CCC(C)(C)CC2CCNCC2)CC1. The molecular weight excluding hydrogens is 318 g/mol. The van der Waals surface area contributed by atoms with E-state index in [1.54, 1.807) is 0 Å². The summed E-state index contributed by atoms with van der Waals surface area (Å²) in [4.78, 5) is 5.37. The zero-order valence-corrected chi connectivity index (χ0v) is 18.7. The molecule has 0 saturated carbocycles. The molecule has 2 fully saturated rings. The first-order chi connectivity index (χ1) is 12.2. The van der Waals surface area contributed by atoms with Crippen molar-refractivity contribution in [2.75, 3.05) is 52.4 Å². The molecule has 3 nitrogen and oxygen atoms in total. The minimum atomic E-state index is 0.436. The van der Waals surface area contributed by atoms with E-state index in [1.165, 1.54) is 84.5 Å². The Morgan fingerprint density at radius 1 is 0.846 bits per heavy atom. The highest BCUT2D eigenvalue weighted by atomic mass is 15.3. The molecule has 3 heteroatoms. The zero-order valence-electron chi connectivity index (χ0n) is 18.7. The van der Waals surface area contributed by atoms with Crippen LogP contribution in [0.5, 0.6) is 0 Å². The van der Waals surface area contributed by atoms with Gasteiger partial charge < -0.3 is 15.1 Å². The number of hydrogen-bond acceptors (Lipinski definition) is 3. The third-order valence-corrected chi connectivity index (χ3v) is 6.52. The predicted octanol–water partition coefficient (Wildman–Crippen LogP) is 4.48. The maximum atomic E-state index is 3.51. The van der Waals surface area contributed by atoms with E-state index in [2.05, 4.69) is 56.7 Å². The van der Waals surface area contributed by atoms with Crippen LogP contribution < -0.4 is 5.32 Å². The van der Waals surface area contributed by atoms with Crippen LogP contribution in [0.25, 0.3) is 0 Å². The van der Waals surface area contributed by atoms with Crippen molar-refractivity contribution in [1.82, 2.24) is 15.1 Å². The van der Waals surface area contributed by atoms with Gasteiger partial charge in [0.2, 0.25) is 0 Å². The fourth-order valence-corrected chi connectivity index (χ4v) is 4.98. The van der Waals surface area contributed by atoms with E-state index in [-0.39, 0.29) is 0 Å². The Bertz CT molecular complexity index is 388. The first kappa shape index (κ1) is 22.2. The van der Waals surface area contributed by atoms with Crippen molar-refractivity contribution in [1.29, 1.82) is 0 Å². The van der Waals surface area contributed by atoms with Crippen LogP contribution in [0, 0.1) is 22.7 Å². The van der Waals surface area contributed by atoms with Gasteiger partial charge >= 0.3 is 0 Å². The van der Waals surface area contributed by atoms with Gasteiger partial charge in [0.25, 0.3) is 0 Å². The molecule has 0 aliphatic carbocycles. The van der Waals surface area contributed by atoms with Crippen LogP contribution >= 0.6 is 0 Å². The Labute approximate surface area is 164 Å². The van der Waals surface area contributed by atoms with E-state index in [4.69, 9.17) is 0 Å². The standard InChI is InChI=1S/C23H47N3/c1-20(2)18-25-13-15-26(16-14-25)19-23(5,6)10-9-22(3,4)17-21-7-11-24-12-8-21/h20-21,24H,7-19H2,1-6H3. The molecule has 2 saturated heterocycles. The monoisotopic (exact) mass is 365 g/mol. The van der Waals surface area contributed by atoms with E-state index in [9.17, 15) is 0 Å². The molecule has 1 N–H and O–H groups in total. The summed E-state index contributed by atoms with van der Waals surface area (Å²) in [6, 6.07) is 0. The van der Waals surface area contributed by atoms with E-state index in [0.29, 0.717) is 10.8 Å². The number of piperidine rings is 1. The molecule has 2 aliphatic rings. The lowest BCUT2D eigenvalue weighted by Crippen LogP contribution is -2.49. The van der Waals surface area contributed by atoms with Crippen LogP contribution in [-0.4, -0.2) is 62.2 Å². The van der Waals surface area contributed by atoms with E-state index >= 15 is 0 Å². The molecule has 2 rings (SSSR count). The van der Waals surface area contributed by atoms with Crippen molar-refractivity contribution in [3.05, 3.63) is 0 Å². The summed E-state index contributed by atoms with van der Waals surface area (Å²) in [7, 11) is 0. The largest absolute Gasteiger partial charge is 0.317 e. The molecular formula is C23H47N3. The van der Waals surface area contributed by atoms with Gasteiger partial charge in [0.05, 0.1) is 0 Å². The summed E-state index contributed by atoms with van der Waals surface area (Å²) in [5.41, 5.74) is 0.931. The van der Waals surface area contributed by atoms with Gasteiger partial charge in [0.1, 0.15) is 0 Å². The fraction of sp³-hybridized carbons (Fsp3) is 1.00. The molecule has 154 valence electrons. The van der Waals surface area contributed by atoms with Gasteiger partial charge in [0, 0.05) is 39.3 Å². The Hall–Kier alpha value is -0.120. The summed E-state index contributed by atoms with van der Waals surface area (Å²) < 4.78 is 0. The van der Waals surface area contributed by atoms with Crippen LogP contribution in [0.4, 0.5) is 0 Å². The topological polar surface area (TPSA) is 18.5 Å². The third kappa shape index (κ3) is 8.27. The zero-order chi connectivity index (χ0) is 19.2. The summed E-state index contributed by atoms with van der Waals surface area (Å²) in [6.45, 7) is 24.7. The van der Waals surface area contributed by atoms with E-state index < -0.39 is 0 Å². The summed E-state index contributed by atoms with van der Waals surface area (Å²) in [6.07, 6.45) is 6.91. The molecule has 0 amide bonds. The highest BCUT2D eigenvalue weighted by Gasteiger charge is 2.29. The number of piperazine rings is 1. The first-order valence-corrected chi connectivity index (χ1v) is 11.3. The Kier molecular flexibility index (Phi) is 8.43. The van der Waals surface area contributed by atoms with Gasteiger partial charge in [-0.25, -0.2) is 0 Å². The van der Waals surface area contributed by atoms with Crippen molar-refractivity contribution in [3.63, 3.8) is 0 Å². The van der Waals surface area contributed by atoms with Gasteiger partial charge in [-0.1, -0.05) is 41.5 Å². The quantitative estimate of drug-likeness (QED) is 0.650. The molecule has 0 aromatic heterocycles. The lowest BCUT2D eigenvalue weighted by molar-refractivity contribution is 0.0799. The number of nitrogens with zero attached hydrogens (tertiary/aromatic N) is 2. The van der Waals surface area contributed by atoms with Crippen LogP contribution in [-0.2, 0) is 0 Å². The van der Waals surface area contributed by atoms with Crippen molar-refractivity contribution in [2.45, 2.75) is 73.6 Å². The van der Waals surface area contributed by atoms with Crippen LogP contribution in [0.15, 0.2) is 0 Å². The van der Waals surface area contributed by atoms with Crippen molar-refractivity contribution in [3.8, 4) is 0 Å². The molecule has 0 aromatic carbocycles. The first-order valence-electron chi connectivity index (χ1n) is 11.3. The maximum absolute atomic E-state index is 3.51. The van der Waals surface area contributed by atoms with Gasteiger partial charge in [-0.3, -0.25) is 0 Å². The summed E-state index contributed by atoms with van der Waals surface area (Å²) in [5, 5.41) is 3.51. The van der Waals surface area contributed by atoms with Crippen LogP contribution in [0.2, 0.25) is 0 Å². The Balaban J connectivity index is 1.70. The molecule has 0 bridgehead atoms. The average molecular weight is 366 g/mol. The molecule has 26 heavy (non-hydrogen) atoms. The molecule has 0 atom stereocenters. The van der Waals surface area contributed by atoms with Crippen molar-refractivity contribution >= 4 is 0 Å².